The number of phenolic OH excluding ortho intramolecular Hbond substituents is 1. The predicted octanol–water partition coefficient (Wildman–Crippen LogP) is 1.11. The Morgan fingerprint density at radius 3 is 2.50 bits per heavy atom. The van der Waals surface area contributed by atoms with Crippen LogP contribution >= 0.6 is 7.82 Å². The van der Waals surface area contributed by atoms with E-state index in [2.05, 4.69) is 25.1 Å². The number of carbonyl (C=O) groups excluding carboxylic acids is 1. The molecule has 2 heterocycles. The molecule has 32 heavy (non-hydrogen) atoms. The topological polar surface area (TPSA) is 187 Å². The van der Waals surface area contributed by atoms with Crippen LogP contribution in [0.15, 0.2) is 21.2 Å². The van der Waals surface area contributed by atoms with E-state index < -0.39 is 19.5 Å². The van der Waals surface area contributed by atoms with Gasteiger partial charge in [0.1, 0.15) is 24.9 Å². The van der Waals surface area contributed by atoms with Crippen LogP contribution in [0.2, 0.25) is 0 Å². The number of phenols is 1. The molecule has 0 fully saturated rings. The Bertz CT molecular complexity index is 1170. The molecule has 0 aliphatic heterocycles. The fourth-order valence-electron chi connectivity index (χ4n) is 2.90. The van der Waals surface area contributed by atoms with Gasteiger partial charge in [-0.05, 0) is 24.5 Å². The van der Waals surface area contributed by atoms with Crippen molar-refractivity contribution in [3.05, 3.63) is 29.3 Å². The Morgan fingerprint density at radius 2 is 1.97 bits per heavy atom. The molecule has 0 aliphatic carbocycles. The van der Waals surface area contributed by atoms with Crippen LogP contribution in [0.25, 0.3) is 22.7 Å². The standard InChI is InChI=1S/C18H21N4O8P.Mg/c1-5-19-18(24)15-14(17-20-9(4)28-22-17)16(29-21-15)11-6-10(8(2)3)12(23)7-13(11)30-31(25,26)27;/h6-8,23H,5H2,1-4H3,(H,19,24)(H2,25,26,27);/q;+2/p-2. The van der Waals surface area contributed by atoms with Gasteiger partial charge in [-0.25, -0.2) is 0 Å². The number of aromatic nitrogens is 3. The van der Waals surface area contributed by atoms with Crippen molar-refractivity contribution in [1.29, 1.82) is 0 Å². The summed E-state index contributed by atoms with van der Waals surface area (Å²) in [6.45, 7) is 7.11. The van der Waals surface area contributed by atoms with Crippen LogP contribution in [-0.4, -0.2) is 55.9 Å². The van der Waals surface area contributed by atoms with Crippen molar-refractivity contribution < 1.29 is 37.8 Å². The first-order valence-electron chi connectivity index (χ1n) is 9.19. The third-order valence-electron chi connectivity index (χ3n) is 4.20. The minimum atomic E-state index is -5.50. The van der Waals surface area contributed by atoms with Crippen molar-refractivity contribution in [3.8, 4) is 34.2 Å². The smallest absolute Gasteiger partial charge is 0.780 e. The summed E-state index contributed by atoms with van der Waals surface area (Å²) in [7, 11) is -5.50. The van der Waals surface area contributed by atoms with Crippen LogP contribution < -0.4 is 19.6 Å². The van der Waals surface area contributed by atoms with Crippen molar-refractivity contribution in [3.63, 3.8) is 0 Å². The van der Waals surface area contributed by atoms with Gasteiger partial charge in [0.25, 0.3) is 5.91 Å². The zero-order valence-corrected chi connectivity index (χ0v) is 20.0. The van der Waals surface area contributed by atoms with E-state index in [0.29, 0.717) is 12.1 Å². The monoisotopic (exact) mass is 474 g/mol. The number of hydrogen-bond donors (Lipinski definition) is 2. The van der Waals surface area contributed by atoms with E-state index in [1.54, 1.807) is 20.8 Å². The van der Waals surface area contributed by atoms with Gasteiger partial charge in [-0.3, -0.25) is 4.79 Å². The normalized spacial score (nSPS) is 11.3. The van der Waals surface area contributed by atoms with Gasteiger partial charge in [-0.2, -0.15) is 4.98 Å². The molecule has 0 unspecified atom stereocenters. The minimum Gasteiger partial charge on any atom is -0.780 e. The van der Waals surface area contributed by atoms with E-state index in [1.807, 2.05) is 0 Å². The van der Waals surface area contributed by atoms with Crippen LogP contribution in [-0.2, 0) is 4.57 Å². The van der Waals surface area contributed by atoms with Crippen LogP contribution in [0, 0.1) is 6.92 Å². The first-order chi connectivity index (χ1) is 14.5. The molecule has 14 heteroatoms. The van der Waals surface area contributed by atoms with Gasteiger partial charge < -0.3 is 38.3 Å². The van der Waals surface area contributed by atoms with Gasteiger partial charge in [0, 0.05) is 19.5 Å². The Kier molecular flexibility index (Phi) is 8.07. The van der Waals surface area contributed by atoms with Gasteiger partial charge in [0.05, 0.1) is 5.56 Å². The summed E-state index contributed by atoms with van der Waals surface area (Å²) in [6.07, 6.45) is 0. The van der Waals surface area contributed by atoms with Crippen molar-refractivity contribution in [2.24, 2.45) is 0 Å². The number of nitrogens with zero attached hydrogens (tertiary/aromatic N) is 3. The van der Waals surface area contributed by atoms with Crippen LogP contribution in [0.3, 0.4) is 0 Å². The fraction of sp³-hybridized carbons (Fsp3) is 0.333. The van der Waals surface area contributed by atoms with E-state index >= 15 is 0 Å². The second-order valence-corrected chi connectivity index (χ2v) is 7.91. The molecule has 2 N–H and O–H groups in total. The van der Waals surface area contributed by atoms with Crippen molar-refractivity contribution in [1.82, 2.24) is 20.6 Å². The Labute approximate surface area is 198 Å². The van der Waals surface area contributed by atoms with E-state index in [4.69, 9.17) is 9.05 Å². The van der Waals surface area contributed by atoms with E-state index in [9.17, 15) is 24.3 Å². The van der Waals surface area contributed by atoms with Crippen LogP contribution in [0.1, 0.15) is 48.6 Å². The molecule has 166 valence electrons. The molecule has 0 atom stereocenters. The number of nitrogens with one attached hydrogen (secondary N) is 1. The Hall–Kier alpha value is -2.44. The summed E-state index contributed by atoms with van der Waals surface area (Å²) >= 11 is 0. The van der Waals surface area contributed by atoms with E-state index in [1.165, 1.54) is 13.0 Å². The van der Waals surface area contributed by atoms with Gasteiger partial charge in [-0.15, -0.1) is 0 Å². The third-order valence-corrected chi connectivity index (χ3v) is 4.62. The first kappa shape index (κ1) is 25.8. The fourth-order valence-corrected chi connectivity index (χ4v) is 3.30. The molecule has 12 nitrogen and oxygen atoms in total. The number of carbonyl (C=O) groups is 1. The zero-order valence-electron chi connectivity index (χ0n) is 17.7. The Morgan fingerprint density at radius 1 is 1.28 bits per heavy atom. The van der Waals surface area contributed by atoms with Gasteiger partial charge in [0.2, 0.25) is 11.7 Å². The maximum absolute atomic E-state index is 12.5. The summed E-state index contributed by atoms with van der Waals surface area (Å²) in [6, 6.07) is 2.36. The molecule has 0 saturated carbocycles. The summed E-state index contributed by atoms with van der Waals surface area (Å²) < 4.78 is 26.2. The number of hydrogen-bond acceptors (Lipinski definition) is 11. The molecular formula is C18H19MgN4O8P. The van der Waals surface area contributed by atoms with Crippen LogP contribution in [0.4, 0.5) is 0 Å². The van der Waals surface area contributed by atoms with E-state index in [0.717, 1.165) is 6.07 Å². The zero-order chi connectivity index (χ0) is 22.9. The van der Waals surface area contributed by atoms with Crippen molar-refractivity contribution in [2.45, 2.75) is 33.6 Å². The molecular weight excluding hydrogens is 455 g/mol. The summed E-state index contributed by atoms with van der Waals surface area (Å²) in [5.41, 5.74) is 0.170. The molecule has 2 aromatic heterocycles. The molecule has 3 rings (SSSR count). The van der Waals surface area contributed by atoms with Gasteiger partial charge >= 0.3 is 23.1 Å². The van der Waals surface area contributed by atoms with Gasteiger partial charge in [0.15, 0.2) is 11.5 Å². The largest absolute Gasteiger partial charge is 2.00 e. The second-order valence-electron chi connectivity index (χ2n) is 6.83. The van der Waals surface area contributed by atoms with Crippen molar-refractivity contribution in [2.75, 3.05) is 6.54 Å². The molecule has 0 spiro atoms. The quantitative estimate of drug-likeness (QED) is 0.368. The SMILES string of the molecule is CCNC(=O)c1noc(-c2cc(C(C)C)c(O)cc2OP(=O)([O-])[O-])c1-c1noc(C)n1.[Mg+2]. The predicted molar refractivity (Wildman–Crippen MR) is 108 cm³/mol. The average Bonchev–Trinajstić information content (AvgIpc) is 3.26. The second kappa shape index (κ2) is 10.0. The molecule has 0 saturated heterocycles. The van der Waals surface area contributed by atoms with E-state index in [-0.39, 0.29) is 69.0 Å². The maximum Gasteiger partial charge on any atom is 2.00 e. The number of aryl methyl sites for hydroxylation is 1. The van der Waals surface area contributed by atoms with Crippen molar-refractivity contribution >= 4 is 36.8 Å². The number of amides is 1. The number of rotatable bonds is 7. The number of aromatic hydroxyl groups is 1. The Balaban J connectivity index is 0.00000363. The molecule has 0 bridgehead atoms. The minimum absolute atomic E-state index is 0. The summed E-state index contributed by atoms with van der Waals surface area (Å²) in [5.74, 6) is -1.59. The number of phosphoric acid groups is 1. The molecule has 0 aliphatic rings. The maximum atomic E-state index is 12.5. The molecule has 3 aromatic rings. The molecule has 0 radical (unpaired) electrons. The van der Waals surface area contributed by atoms with Gasteiger partial charge in [-0.1, -0.05) is 24.2 Å². The number of phosphoric ester groups is 1. The summed E-state index contributed by atoms with van der Waals surface area (Å²) in [4.78, 5) is 39.2. The average molecular weight is 475 g/mol. The molecule has 1 aromatic carbocycles. The van der Waals surface area contributed by atoms with Crippen LogP contribution in [0.5, 0.6) is 11.5 Å². The summed E-state index contributed by atoms with van der Waals surface area (Å²) in [5, 5.41) is 20.4. The third kappa shape index (κ3) is 5.48. The molecule has 1 amide bonds. The first-order valence-corrected chi connectivity index (χ1v) is 10.6. The number of benzene rings is 1.